The van der Waals surface area contributed by atoms with Crippen LogP contribution >= 0.6 is 47.0 Å². The molecule has 8 fully saturated rings. The first-order valence-corrected chi connectivity index (χ1v) is 51.5. The molecule has 0 aromatic heterocycles. The van der Waals surface area contributed by atoms with Crippen LogP contribution in [0.1, 0.15) is 202 Å². The normalized spacial score (nSPS) is 30.3. The van der Waals surface area contributed by atoms with Gasteiger partial charge in [-0.3, -0.25) is 49.4 Å². The number of likely N-dealkylation sites (N-methyl/N-ethyl adjacent to an activating group) is 2. The van der Waals surface area contributed by atoms with Crippen LogP contribution in [0.3, 0.4) is 0 Å². The molecule has 18 aliphatic rings. The molecule has 18 heterocycles. The Bertz CT molecular complexity index is 6130. The number of hydrogen-bond acceptors (Lipinski definition) is 36. The van der Waals surface area contributed by atoms with Crippen LogP contribution in [-0.2, 0) is 75.0 Å². The summed E-state index contributed by atoms with van der Waals surface area (Å²) in [5, 5.41) is 67.1. The smallest absolute Gasteiger partial charge is 0.331 e. The van der Waals surface area contributed by atoms with Crippen molar-refractivity contribution in [3.05, 3.63) is 125 Å². The number of aryl methyl sites for hydroxylation is 2. The number of piperazine rings is 2. The van der Waals surface area contributed by atoms with Crippen molar-refractivity contribution < 1.29 is 120 Å². The Labute approximate surface area is 819 Å². The number of unbranched alkanes of at least 4 members (excludes halogenated alkanes) is 2. The number of aliphatic hydroxyl groups is 1. The molecule has 6 aromatic rings. The number of nitriles is 1. The van der Waals surface area contributed by atoms with Gasteiger partial charge in [0.1, 0.15) is 37.0 Å². The number of methoxy groups -OCH3 is 4. The molecule has 8 bridgehead atoms. The number of benzene rings is 6. The molecule has 18 aliphatic heterocycles. The van der Waals surface area contributed by atoms with Crippen molar-refractivity contribution in [1.29, 1.82) is 5.26 Å². The van der Waals surface area contributed by atoms with Crippen LogP contribution in [0.2, 0.25) is 0 Å². The minimum Gasteiger partial charge on any atom is -0.504 e. The number of nitrogens with zero attached hydrogens (tertiary/aromatic N) is 5. The fourth-order valence-corrected chi connectivity index (χ4v) is 31.6. The number of carbonyl (C=O) groups excluding carboxylic acids is 8. The number of phenolic OH excluding ortho intramolecular Hbond substituents is 2. The van der Waals surface area contributed by atoms with Crippen LogP contribution in [0.4, 0.5) is 9.59 Å². The van der Waals surface area contributed by atoms with Gasteiger partial charge in [0.2, 0.25) is 13.6 Å². The largest absolute Gasteiger partial charge is 0.504 e. The summed E-state index contributed by atoms with van der Waals surface area (Å²) in [5.74, 6) is 1.47. The minimum atomic E-state index is -1.44. The van der Waals surface area contributed by atoms with E-state index in [0.717, 1.165) is 71.9 Å². The molecule has 20 atom stereocenters. The summed E-state index contributed by atoms with van der Waals surface area (Å²) in [6, 6.07) is 8.55. The zero-order valence-corrected chi connectivity index (χ0v) is 82.4. The number of nitrogens with one attached hydrogen (secondary N) is 6. The van der Waals surface area contributed by atoms with Crippen LogP contribution in [0.25, 0.3) is 0 Å². The van der Waals surface area contributed by atoms with Gasteiger partial charge in [-0.2, -0.15) is 5.26 Å². The predicted molar refractivity (Wildman–Crippen MR) is 508 cm³/mol. The number of fused-ring (bicyclic) bond motifs is 20. The summed E-state index contributed by atoms with van der Waals surface area (Å²) >= 11 is 6.47. The summed E-state index contributed by atoms with van der Waals surface area (Å²) in [4.78, 5) is 115. The number of urea groups is 2. The number of hydrogen-bond donors (Lipinski definition) is 9. The quantitative estimate of drug-likeness (QED) is 0.0219. The van der Waals surface area contributed by atoms with E-state index in [1.54, 1.807) is 47.8 Å². The third-order valence-corrected chi connectivity index (χ3v) is 37.1. The molecule has 0 saturated carbocycles. The van der Waals surface area contributed by atoms with Gasteiger partial charge in [0.15, 0.2) is 80.1 Å². The summed E-state index contributed by atoms with van der Waals surface area (Å²) < 4.78 is 85.5. The molecule has 36 nitrogen and oxygen atoms in total. The van der Waals surface area contributed by atoms with Gasteiger partial charge in [0, 0.05) is 124 Å². The molecule has 4 amide bonds. The van der Waals surface area contributed by atoms with Gasteiger partial charge >= 0.3 is 47.9 Å². The predicted octanol–water partition coefficient (Wildman–Crippen LogP) is 9.95. The lowest BCUT2D eigenvalue weighted by molar-refractivity contribution is -0.186. The highest BCUT2D eigenvalue weighted by Gasteiger charge is 2.65. The van der Waals surface area contributed by atoms with Crippen molar-refractivity contribution in [2.24, 2.45) is 0 Å². The van der Waals surface area contributed by atoms with Crippen LogP contribution in [-0.4, -0.2) is 246 Å². The van der Waals surface area contributed by atoms with E-state index in [2.05, 4.69) is 52.7 Å². The van der Waals surface area contributed by atoms with Crippen molar-refractivity contribution >= 4 is 94.9 Å². The highest BCUT2D eigenvalue weighted by Crippen LogP contribution is 2.68. The summed E-state index contributed by atoms with van der Waals surface area (Å²) in [6.07, 6.45) is 7.89. The summed E-state index contributed by atoms with van der Waals surface area (Å²) in [7, 11) is 10.00. The first-order chi connectivity index (χ1) is 67.0. The second-order valence-electron chi connectivity index (χ2n) is 38.7. The minimum absolute atomic E-state index is 0.0223. The zero-order valence-electron chi connectivity index (χ0n) is 79.1. The van der Waals surface area contributed by atoms with Gasteiger partial charge in [0.05, 0.1) is 98.0 Å². The highest BCUT2D eigenvalue weighted by atomic mass is 32.2. The van der Waals surface area contributed by atoms with Gasteiger partial charge in [-0.15, -0.1) is 47.0 Å². The molecule has 6 aromatic carbocycles. The monoisotopic (exact) mass is 1980 g/mol. The lowest BCUT2D eigenvalue weighted by Gasteiger charge is -2.62. The maximum Gasteiger partial charge on any atom is 0.331 e. The van der Waals surface area contributed by atoms with E-state index in [1.807, 2.05) is 58.8 Å². The second kappa shape index (κ2) is 37.0. The molecule has 8 saturated heterocycles. The first kappa shape index (κ1) is 94.5. The molecular weight excluding hydrogens is 1870 g/mol. The van der Waals surface area contributed by atoms with Crippen molar-refractivity contribution in [3.8, 4) is 86.6 Å². The number of thioether (sulfide) groups is 4. The van der Waals surface area contributed by atoms with Crippen LogP contribution < -0.4 is 88.7 Å². The Morgan fingerprint density at radius 1 is 0.511 bits per heavy atom. The number of phenols is 2. The third kappa shape index (κ3) is 15.7. The average molecular weight is 1990 g/mol. The summed E-state index contributed by atoms with van der Waals surface area (Å²) in [5.41, 5.74) is 8.34. The number of esters is 6. The molecule has 40 heteroatoms. The molecule has 9 N–H and O–H groups in total. The Kier molecular flexibility index (Phi) is 25.2. The fourth-order valence-electron chi connectivity index (χ4n) is 25.1. The van der Waals surface area contributed by atoms with E-state index in [9.17, 15) is 49.3 Å². The maximum atomic E-state index is 15.2. The molecule has 0 radical (unpaired) electrons. The van der Waals surface area contributed by atoms with Crippen molar-refractivity contribution in [2.45, 2.75) is 247 Å². The van der Waals surface area contributed by atoms with Gasteiger partial charge < -0.3 is 103 Å². The Morgan fingerprint density at radius 3 is 1.37 bits per heavy atom. The Morgan fingerprint density at radius 2 is 0.942 bits per heavy atom. The van der Waals surface area contributed by atoms with Crippen LogP contribution in [0.15, 0.2) is 36.4 Å². The zero-order chi connectivity index (χ0) is 97.1. The van der Waals surface area contributed by atoms with E-state index in [-0.39, 0.29) is 133 Å². The lowest BCUT2D eigenvalue weighted by atomic mass is 9.71. The fraction of sp³-hybridized carbons (Fsp3) is 0.545. The molecule has 6 unspecified atom stereocenters. The average Bonchev–Trinajstić information content (AvgIpc) is 1.32. The molecule has 139 heavy (non-hydrogen) atoms. The van der Waals surface area contributed by atoms with Gasteiger partial charge in [-0.1, -0.05) is 25.0 Å². The van der Waals surface area contributed by atoms with Crippen molar-refractivity contribution in [1.82, 2.24) is 51.5 Å². The number of carbonyl (C=O) groups is 8. The van der Waals surface area contributed by atoms with Crippen LogP contribution in [0.5, 0.6) is 80.5 Å². The first-order valence-electron chi connectivity index (χ1n) is 47.5. The standard InChI is InChI=1S/C50H56N6O12S2.C49H57N5O13S2/c1-22-13-26-14-30-31(18-51)56-32-19-64-48(60)50(28-17-33(62-5)34(15-25(28)11-12-52-50)68-35(58)10-8-7-9-27-16-29-47(70-27)54-49(61)53-29)20-69-46(40(56)39(55(30)4)36(26)41(59)42(22)63-6)38-37(32)45-44(65-21-66-45)23(2)43(38)67-24(3)57;1-21-13-25-14-29-46(58)54-30-18-63-47(59)49(27-17-31(61-5)32(15-24(27)11-12-50-49)67-33(56)10-8-7-9-26-16-28-45(69-26)52-48(60)51-28)19-68-44(38(54)37(53(29)4)34(25)39(57)40(21)62-6)36-35(30)43-42(64-20-65-43)22(2)41(36)66-23(3)55/h13,15,17,27,29-32,39-40,46-47,52,59H,7-12,14,16,19-21H2,1-6H3,(H2,53,54,61);13,15,17,26,28-30,37-38,44-46,50,57-58H,7-12,14,16,18-20H2,1-6H3,(H2,51,52,60)/t27-,29?,30-,31-,32-,39+,40?,46+,47?,50+;26-,28?,29-,30-,37+,38?,44+,45?,46-,49+/m00/s1. The molecule has 738 valence electrons. The SMILES string of the molecule is COc1cc2c(cc1OC(=O)CCCC[C@H]1CC3NC(=O)NC3S1)CCN[C@]21CS[C@@H]2c3c(OC(C)=O)c(C)c4c(c3[C@H](COC1=O)N1C2[C@H]2c3c(cc(C)c(OC)c3O)C[C@@H]([C@@H]1C#N)N2C)OCO4.COc1cc2c(cc1OC(=O)CCCC[C@H]1CC3NC(=O)NC3S1)CCN[C@]21CS[C@@H]2c3c(OC(C)=O)c(C)c4c(c3[C@H](COC1=O)N1C2[C@H]2c3c(cc(C)c(OC)c3O)C[C@@H]([C@@H]1O)N2C)OCO4. The molecule has 2 spiro atoms. The molecule has 24 rings (SSSR count). The number of rotatable bonds is 18. The molecule has 0 aliphatic carbocycles. The molecular formula is C99H113N11O25S4. The van der Waals surface area contributed by atoms with E-state index < -0.39 is 106 Å². The van der Waals surface area contributed by atoms with Gasteiger partial charge in [-0.05, 0) is 175 Å². The maximum absolute atomic E-state index is 15.2. The van der Waals surface area contributed by atoms with Crippen molar-refractivity contribution in [3.63, 3.8) is 0 Å². The highest BCUT2D eigenvalue weighted by molar-refractivity contribution is 8.01. The number of aromatic hydroxyl groups is 2. The van der Waals surface area contributed by atoms with Crippen LogP contribution in [0, 0.1) is 39.0 Å². The van der Waals surface area contributed by atoms with E-state index in [4.69, 9.17) is 66.3 Å². The third-order valence-electron chi connectivity index (χ3n) is 31.1. The number of ether oxygens (including phenoxy) is 14. The lowest BCUT2D eigenvalue weighted by Crippen LogP contribution is -2.70. The topological polar surface area (TPSA) is 435 Å². The van der Waals surface area contributed by atoms with E-state index in [1.165, 1.54) is 65.8 Å². The van der Waals surface area contributed by atoms with E-state index >= 15 is 9.59 Å². The van der Waals surface area contributed by atoms with E-state index in [0.29, 0.717) is 164 Å². The Hall–Kier alpha value is -10.7. The second-order valence-corrected chi connectivity index (χ2v) is 43.8. The van der Waals surface area contributed by atoms with Gasteiger partial charge in [0.25, 0.3) is 0 Å². The van der Waals surface area contributed by atoms with Gasteiger partial charge in [-0.25, -0.2) is 19.2 Å². The number of aliphatic hydroxyl groups excluding tert-OH is 1. The van der Waals surface area contributed by atoms with Crippen molar-refractivity contribution in [2.75, 3.05) is 93.9 Å². The summed E-state index contributed by atoms with van der Waals surface area (Å²) in [6.45, 7) is 10.3. The number of amides is 4. The Balaban J connectivity index is 0.000000165.